The van der Waals surface area contributed by atoms with Crippen molar-refractivity contribution in [3.8, 4) is 5.75 Å². The number of carbonyl (C=O) groups excluding carboxylic acids is 1. The van der Waals surface area contributed by atoms with Crippen molar-refractivity contribution in [2.45, 2.75) is 18.1 Å². The molecule has 1 amide bonds. The second-order valence-corrected chi connectivity index (χ2v) is 7.54. The number of benzene rings is 3. The first-order valence-electron chi connectivity index (χ1n) is 9.07. The first kappa shape index (κ1) is 18.4. The normalized spacial score (nSPS) is 12.2. The van der Waals surface area contributed by atoms with Gasteiger partial charge in [-0.3, -0.25) is 4.79 Å². The molecule has 1 atom stereocenters. The van der Waals surface area contributed by atoms with Gasteiger partial charge in [0, 0.05) is 6.07 Å². The van der Waals surface area contributed by atoms with E-state index in [2.05, 4.69) is 39.6 Å². The molecule has 0 saturated carbocycles. The van der Waals surface area contributed by atoms with Crippen LogP contribution in [0.2, 0.25) is 0 Å². The molecule has 3 aromatic carbocycles. The van der Waals surface area contributed by atoms with Gasteiger partial charge in [0.15, 0.2) is 5.16 Å². The summed E-state index contributed by atoms with van der Waals surface area (Å²) in [4.78, 5) is 20.2. The number of aromatic nitrogens is 2. The second kappa shape index (κ2) is 7.94. The highest BCUT2D eigenvalue weighted by Gasteiger charge is 2.13. The van der Waals surface area contributed by atoms with Gasteiger partial charge in [0.2, 0.25) is 5.91 Å². The molecule has 1 heterocycles. The van der Waals surface area contributed by atoms with E-state index in [9.17, 15) is 4.79 Å². The highest BCUT2D eigenvalue weighted by atomic mass is 32.2. The lowest BCUT2D eigenvalue weighted by molar-refractivity contribution is -0.119. The van der Waals surface area contributed by atoms with E-state index < -0.39 is 0 Å². The fraction of sp³-hybridized carbons (Fsp3) is 0.182. The van der Waals surface area contributed by atoms with Gasteiger partial charge < -0.3 is 15.0 Å². The monoisotopic (exact) mass is 391 g/mol. The number of rotatable bonds is 6. The molecule has 142 valence electrons. The fourth-order valence-electron chi connectivity index (χ4n) is 3.28. The molecule has 0 aliphatic rings. The van der Waals surface area contributed by atoms with Crippen molar-refractivity contribution < 1.29 is 9.53 Å². The lowest BCUT2D eigenvalue weighted by atomic mass is 10.00. The zero-order chi connectivity index (χ0) is 19.5. The summed E-state index contributed by atoms with van der Waals surface area (Å²) >= 11 is 1.39. The quantitative estimate of drug-likeness (QED) is 0.468. The Balaban J connectivity index is 1.41. The van der Waals surface area contributed by atoms with Crippen molar-refractivity contribution in [3.63, 3.8) is 0 Å². The van der Waals surface area contributed by atoms with E-state index in [0.29, 0.717) is 5.75 Å². The van der Waals surface area contributed by atoms with Crippen LogP contribution in [0.4, 0.5) is 0 Å². The standard InChI is InChI=1S/C22H21N3O2S/c1-14(17-9-5-7-15-6-3-4-8-18(15)17)23-21(26)13-28-22-24-19-11-10-16(27-2)12-20(19)25-22/h3-12,14H,13H2,1-2H3,(H,23,26)(H,24,25). The minimum absolute atomic E-state index is 0.0246. The summed E-state index contributed by atoms with van der Waals surface area (Å²) in [6, 6.07) is 20.0. The predicted molar refractivity (Wildman–Crippen MR) is 114 cm³/mol. The highest BCUT2D eigenvalue weighted by molar-refractivity contribution is 7.99. The van der Waals surface area contributed by atoms with Crippen molar-refractivity contribution in [2.24, 2.45) is 0 Å². The molecule has 2 N–H and O–H groups in total. The van der Waals surface area contributed by atoms with Gasteiger partial charge in [0.1, 0.15) is 5.75 Å². The summed E-state index contributed by atoms with van der Waals surface area (Å²) in [6.45, 7) is 2.01. The van der Waals surface area contributed by atoms with Gasteiger partial charge in [0.25, 0.3) is 0 Å². The predicted octanol–water partition coefficient (Wildman–Crippen LogP) is 4.69. The van der Waals surface area contributed by atoms with Crippen LogP contribution in [-0.2, 0) is 4.79 Å². The summed E-state index contributed by atoms with van der Waals surface area (Å²) in [7, 11) is 1.63. The third kappa shape index (κ3) is 3.82. The van der Waals surface area contributed by atoms with Crippen molar-refractivity contribution in [3.05, 3.63) is 66.2 Å². The van der Waals surface area contributed by atoms with E-state index >= 15 is 0 Å². The topological polar surface area (TPSA) is 67.0 Å². The molecule has 0 aliphatic heterocycles. The van der Waals surface area contributed by atoms with Crippen molar-refractivity contribution >= 4 is 39.5 Å². The van der Waals surface area contributed by atoms with Gasteiger partial charge in [0.05, 0.1) is 29.9 Å². The molecule has 0 bridgehead atoms. The number of hydrogen-bond donors (Lipinski definition) is 2. The fourth-order valence-corrected chi connectivity index (χ4v) is 3.98. The number of nitrogens with one attached hydrogen (secondary N) is 2. The Morgan fingerprint density at radius 2 is 2.00 bits per heavy atom. The summed E-state index contributed by atoms with van der Waals surface area (Å²) in [5.74, 6) is 1.05. The summed E-state index contributed by atoms with van der Waals surface area (Å²) in [5.41, 5.74) is 2.87. The van der Waals surface area contributed by atoms with Crippen molar-refractivity contribution in [1.29, 1.82) is 0 Å². The summed E-state index contributed by atoms with van der Waals surface area (Å²) in [6.07, 6.45) is 0. The maximum absolute atomic E-state index is 12.5. The van der Waals surface area contributed by atoms with Crippen molar-refractivity contribution in [2.75, 3.05) is 12.9 Å². The average molecular weight is 391 g/mol. The largest absolute Gasteiger partial charge is 0.497 e. The van der Waals surface area contributed by atoms with E-state index in [-0.39, 0.29) is 11.9 Å². The molecule has 0 fully saturated rings. The van der Waals surface area contributed by atoms with E-state index in [1.165, 1.54) is 17.1 Å². The number of methoxy groups -OCH3 is 1. The Bertz CT molecular complexity index is 1130. The van der Waals surface area contributed by atoms with E-state index in [4.69, 9.17) is 4.74 Å². The molecule has 5 nitrogen and oxygen atoms in total. The second-order valence-electron chi connectivity index (χ2n) is 6.57. The molecular formula is C22H21N3O2S. The van der Waals surface area contributed by atoms with Crippen LogP contribution in [0.25, 0.3) is 21.8 Å². The summed E-state index contributed by atoms with van der Waals surface area (Å²) in [5, 5.41) is 6.15. The van der Waals surface area contributed by atoms with E-state index in [1.807, 2.05) is 43.3 Å². The molecule has 0 spiro atoms. The van der Waals surface area contributed by atoms with E-state index in [1.54, 1.807) is 7.11 Å². The Morgan fingerprint density at radius 3 is 2.86 bits per heavy atom. The Morgan fingerprint density at radius 1 is 1.18 bits per heavy atom. The number of carbonyl (C=O) groups is 1. The highest BCUT2D eigenvalue weighted by Crippen LogP contribution is 2.25. The Labute approximate surface area is 167 Å². The maximum atomic E-state index is 12.5. The molecule has 4 rings (SSSR count). The van der Waals surface area contributed by atoms with Gasteiger partial charge in [-0.15, -0.1) is 0 Å². The first-order chi connectivity index (χ1) is 13.6. The Kier molecular flexibility index (Phi) is 5.21. The van der Waals surface area contributed by atoms with Crippen LogP contribution in [0.5, 0.6) is 5.75 Å². The molecule has 0 aliphatic carbocycles. The molecule has 28 heavy (non-hydrogen) atoms. The van der Waals surface area contributed by atoms with Gasteiger partial charge in [-0.2, -0.15) is 0 Å². The number of fused-ring (bicyclic) bond motifs is 2. The minimum Gasteiger partial charge on any atom is -0.497 e. The van der Waals surface area contributed by atoms with Crippen LogP contribution in [0.1, 0.15) is 18.5 Å². The van der Waals surface area contributed by atoms with Crippen LogP contribution in [0, 0.1) is 0 Å². The lowest BCUT2D eigenvalue weighted by Gasteiger charge is -2.16. The van der Waals surface area contributed by atoms with Gasteiger partial charge >= 0.3 is 0 Å². The van der Waals surface area contributed by atoms with E-state index in [0.717, 1.165) is 32.9 Å². The summed E-state index contributed by atoms with van der Waals surface area (Å²) < 4.78 is 5.23. The maximum Gasteiger partial charge on any atom is 0.230 e. The van der Waals surface area contributed by atoms with Gasteiger partial charge in [-0.05, 0) is 35.4 Å². The SMILES string of the molecule is COc1ccc2nc(SCC(=O)NC(C)c3cccc4ccccc34)[nH]c2c1. The molecule has 1 unspecified atom stereocenters. The third-order valence-corrected chi connectivity index (χ3v) is 5.55. The number of thioether (sulfide) groups is 1. The zero-order valence-electron chi connectivity index (χ0n) is 15.7. The van der Waals surface area contributed by atoms with Crippen LogP contribution in [0.3, 0.4) is 0 Å². The van der Waals surface area contributed by atoms with Crippen LogP contribution in [0.15, 0.2) is 65.8 Å². The number of aromatic amines is 1. The number of hydrogen-bond acceptors (Lipinski definition) is 4. The average Bonchev–Trinajstić information content (AvgIpc) is 3.13. The third-order valence-electron chi connectivity index (χ3n) is 4.67. The van der Waals surface area contributed by atoms with Gasteiger partial charge in [-0.25, -0.2) is 4.98 Å². The van der Waals surface area contributed by atoms with Crippen LogP contribution in [-0.4, -0.2) is 28.7 Å². The number of ether oxygens (including phenoxy) is 1. The number of amides is 1. The zero-order valence-corrected chi connectivity index (χ0v) is 16.5. The number of H-pyrrole nitrogens is 1. The van der Waals surface area contributed by atoms with Gasteiger partial charge in [-0.1, -0.05) is 54.2 Å². The van der Waals surface area contributed by atoms with Crippen LogP contribution >= 0.6 is 11.8 Å². The Hall–Kier alpha value is -2.99. The molecule has 4 aromatic rings. The molecule has 0 saturated heterocycles. The first-order valence-corrected chi connectivity index (χ1v) is 10.1. The lowest BCUT2D eigenvalue weighted by Crippen LogP contribution is -2.28. The van der Waals surface area contributed by atoms with Crippen molar-refractivity contribution in [1.82, 2.24) is 15.3 Å². The molecule has 0 radical (unpaired) electrons. The molecule has 1 aromatic heterocycles. The molecule has 6 heteroatoms. The minimum atomic E-state index is -0.0702. The van der Waals surface area contributed by atoms with Crippen LogP contribution < -0.4 is 10.1 Å². The number of imidazole rings is 1. The smallest absolute Gasteiger partial charge is 0.230 e. The number of nitrogens with zero attached hydrogens (tertiary/aromatic N) is 1. The molecular weight excluding hydrogens is 370 g/mol.